The molecule has 72 valence electrons. The molecule has 0 amide bonds. The van der Waals surface area contributed by atoms with Gasteiger partial charge in [-0.1, -0.05) is 0 Å². The fourth-order valence-corrected chi connectivity index (χ4v) is 1.53. The number of hydrogen-bond acceptors (Lipinski definition) is 3. The van der Waals surface area contributed by atoms with Crippen molar-refractivity contribution in [2.75, 3.05) is 11.9 Å². The minimum Gasteiger partial charge on any atom is -0.356 e. The number of nitrogens with zero attached hydrogens (tertiary/aromatic N) is 3. The van der Waals surface area contributed by atoms with Crippen molar-refractivity contribution in [3.05, 3.63) is 23.4 Å². The molecule has 3 nitrogen and oxygen atoms in total. The molecule has 0 spiro atoms. The molecule has 1 aliphatic carbocycles. The van der Waals surface area contributed by atoms with Gasteiger partial charge in [0.15, 0.2) is 0 Å². The molecule has 0 aliphatic heterocycles. The van der Waals surface area contributed by atoms with E-state index in [1.807, 2.05) is 26.1 Å². The van der Waals surface area contributed by atoms with Crippen molar-refractivity contribution in [2.45, 2.75) is 25.8 Å². The highest BCUT2D eigenvalue weighted by molar-refractivity contribution is 5.55. The second-order valence-corrected chi connectivity index (χ2v) is 3.78. The van der Waals surface area contributed by atoms with Crippen molar-refractivity contribution in [1.29, 1.82) is 5.26 Å². The third kappa shape index (κ3) is 1.56. The highest BCUT2D eigenvalue weighted by atomic mass is 15.2. The molecule has 1 fully saturated rings. The van der Waals surface area contributed by atoms with Crippen LogP contribution in [0.4, 0.5) is 5.82 Å². The van der Waals surface area contributed by atoms with E-state index in [4.69, 9.17) is 5.26 Å². The van der Waals surface area contributed by atoms with Crippen molar-refractivity contribution in [1.82, 2.24) is 4.98 Å². The minimum absolute atomic E-state index is 0.594. The first-order chi connectivity index (χ1) is 6.72. The van der Waals surface area contributed by atoms with E-state index >= 15 is 0 Å². The Kier molecular flexibility index (Phi) is 2.12. The third-order valence-electron chi connectivity index (χ3n) is 2.56. The van der Waals surface area contributed by atoms with Crippen LogP contribution in [0.2, 0.25) is 0 Å². The Hall–Kier alpha value is -1.56. The minimum atomic E-state index is 0.594. The van der Waals surface area contributed by atoms with Gasteiger partial charge < -0.3 is 4.90 Å². The van der Waals surface area contributed by atoms with Crippen LogP contribution in [0.15, 0.2) is 12.1 Å². The van der Waals surface area contributed by atoms with Crippen molar-refractivity contribution in [3.63, 3.8) is 0 Å². The lowest BCUT2D eigenvalue weighted by molar-refractivity contribution is 0.884. The topological polar surface area (TPSA) is 39.9 Å². The number of aromatic nitrogens is 1. The van der Waals surface area contributed by atoms with Gasteiger partial charge in [-0.15, -0.1) is 0 Å². The van der Waals surface area contributed by atoms with E-state index < -0.39 is 0 Å². The first kappa shape index (κ1) is 9.01. The van der Waals surface area contributed by atoms with Gasteiger partial charge in [0.25, 0.3) is 0 Å². The first-order valence-electron chi connectivity index (χ1n) is 4.83. The molecular weight excluding hydrogens is 174 g/mol. The van der Waals surface area contributed by atoms with Crippen LogP contribution in [0.1, 0.15) is 24.1 Å². The maximum absolute atomic E-state index is 8.94. The number of aryl methyl sites for hydroxylation is 1. The van der Waals surface area contributed by atoms with E-state index in [9.17, 15) is 0 Å². The van der Waals surface area contributed by atoms with Crippen LogP contribution < -0.4 is 4.90 Å². The van der Waals surface area contributed by atoms with Crippen LogP contribution in [-0.2, 0) is 0 Å². The molecule has 0 atom stereocenters. The highest BCUT2D eigenvalue weighted by Crippen LogP contribution is 2.30. The third-order valence-corrected chi connectivity index (χ3v) is 2.56. The number of rotatable bonds is 2. The Labute approximate surface area is 84.0 Å². The average molecular weight is 187 g/mol. The van der Waals surface area contributed by atoms with Gasteiger partial charge in [0.05, 0.1) is 5.56 Å². The van der Waals surface area contributed by atoms with E-state index in [2.05, 4.69) is 16.0 Å². The van der Waals surface area contributed by atoms with Gasteiger partial charge in [-0.05, 0) is 31.9 Å². The zero-order valence-corrected chi connectivity index (χ0v) is 8.49. The van der Waals surface area contributed by atoms with Crippen molar-refractivity contribution in [3.8, 4) is 6.07 Å². The smallest absolute Gasteiger partial charge is 0.146 e. The van der Waals surface area contributed by atoms with Crippen molar-refractivity contribution < 1.29 is 0 Å². The van der Waals surface area contributed by atoms with E-state index in [1.54, 1.807) is 0 Å². The number of pyridine rings is 1. The van der Waals surface area contributed by atoms with Crippen LogP contribution in [0, 0.1) is 18.3 Å². The second kappa shape index (κ2) is 3.30. The van der Waals surface area contributed by atoms with Crippen LogP contribution in [0.5, 0.6) is 0 Å². The summed E-state index contributed by atoms with van der Waals surface area (Å²) >= 11 is 0. The van der Waals surface area contributed by atoms with Crippen molar-refractivity contribution in [2.24, 2.45) is 0 Å². The molecular formula is C11H13N3. The van der Waals surface area contributed by atoms with Gasteiger partial charge in [0.2, 0.25) is 0 Å². The number of nitriles is 1. The Morgan fingerprint density at radius 1 is 1.50 bits per heavy atom. The van der Waals surface area contributed by atoms with Crippen LogP contribution in [0.25, 0.3) is 0 Å². The number of hydrogen-bond donors (Lipinski definition) is 0. The lowest BCUT2D eigenvalue weighted by Gasteiger charge is -2.18. The summed E-state index contributed by atoms with van der Waals surface area (Å²) in [4.78, 5) is 6.53. The maximum Gasteiger partial charge on any atom is 0.146 e. The van der Waals surface area contributed by atoms with E-state index in [-0.39, 0.29) is 0 Å². The molecule has 0 bridgehead atoms. The molecule has 0 radical (unpaired) electrons. The van der Waals surface area contributed by atoms with Gasteiger partial charge in [-0.25, -0.2) is 4.98 Å². The Morgan fingerprint density at radius 3 is 2.79 bits per heavy atom. The molecule has 1 aromatic rings. The summed E-state index contributed by atoms with van der Waals surface area (Å²) in [6.07, 6.45) is 2.44. The molecule has 1 saturated carbocycles. The quantitative estimate of drug-likeness (QED) is 0.709. The Bertz CT molecular complexity index is 388. The monoisotopic (exact) mass is 187 g/mol. The largest absolute Gasteiger partial charge is 0.356 e. The summed E-state index contributed by atoms with van der Waals surface area (Å²) in [6, 6.07) is 6.50. The Balaban J connectivity index is 2.38. The Morgan fingerprint density at radius 2 is 2.21 bits per heavy atom. The molecule has 0 aromatic carbocycles. The van der Waals surface area contributed by atoms with Crippen LogP contribution in [0.3, 0.4) is 0 Å². The molecule has 3 heteroatoms. The summed E-state index contributed by atoms with van der Waals surface area (Å²) in [7, 11) is 2.01. The van der Waals surface area contributed by atoms with Gasteiger partial charge in [-0.2, -0.15) is 5.26 Å². The lowest BCUT2D eigenvalue weighted by Crippen LogP contribution is -2.22. The molecule has 0 saturated heterocycles. The standard InChI is InChI=1S/C11H13N3/c1-8-3-4-9(7-12)11(13-8)14(2)10-5-6-10/h3-4,10H,5-6H2,1-2H3. The van der Waals surface area contributed by atoms with Gasteiger partial charge in [0, 0.05) is 18.8 Å². The van der Waals surface area contributed by atoms with Crippen LogP contribution in [-0.4, -0.2) is 18.1 Å². The average Bonchev–Trinajstić information content (AvgIpc) is 3.00. The molecule has 1 aliphatic rings. The zero-order valence-electron chi connectivity index (χ0n) is 8.49. The predicted octanol–water partition coefficient (Wildman–Crippen LogP) is 1.86. The molecule has 0 N–H and O–H groups in total. The molecule has 14 heavy (non-hydrogen) atoms. The number of anilines is 1. The molecule has 2 rings (SSSR count). The summed E-state index contributed by atoms with van der Waals surface area (Å²) in [5, 5.41) is 8.94. The zero-order chi connectivity index (χ0) is 10.1. The van der Waals surface area contributed by atoms with Crippen LogP contribution >= 0.6 is 0 Å². The SMILES string of the molecule is Cc1ccc(C#N)c(N(C)C2CC2)n1. The van der Waals surface area contributed by atoms with E-state index in [1.165, 1.54) is 12.8 Å². The lowest BCUT2D eigenvalue weighted by atomic mass is 10.2. The predicted molar refractivity (Wildman–Crippen MR) is 55.1 cm³/mol. The summed E-state index contributed by atoms with van der Waals surface area (Å²) in [6.45, 7) is 1.95. The molecule has 1 heterocycles. The van der Waals surface area contributed by atoms with E-state index in [0.29, 0.717) is 11.6 Å². The van der Waals surface area contributed by atoms with Gasteiger partial charge >= 0.3 is 0 Å². The first-order valence-corrected chi connectivity index (χ1v) is 4.83. The summed E-state index contributed by atoms with van der Waals surface area (Å²) in [5.74, 6) is 0.829. The second-order valence-electron chi connectivity index (χ2n) is 3.78. The normalized spacial score (nSPS) is 14.9. The van der Waals surface area contributed by atoms with Gasteiger partial charge in [0.1, 0.15) is 11.9 Å². The molecule has 0 unspecified atom stereocenters. The summed E-state index contributed by atoms with van der Waals surface area (Å²) < 4.78 is 0. The van der Waals surface area contributed by atoms with E-state index in [0.717, 1.165) is 11.5 Å². The van der Waals surface area contributed by atoms with Gasteiger partial charge in [-0.3, -0.25) is 0 Å². The van der Waals surface area contributed by atoms with Crippen molar-refractivity contribution >= 4 is 5.82 Å². The summed E-state index contributed by atoms with van der Waals surface area (Å²) in [5.41, 5.74) is 1.64. The fourth-order valence-electron chi connectivity index (χ4n) is 1.53. The maximum atomic E-state index is 8.94. The fraction of sp³-hybridized carbons (Fsp3) is 0.455. The molecule has 1 aromatic heterocycles. The highest BCUT2D eigenvalue weighted by Gasteiger charge is 2.28.